The van der Waals surface area contributed by atoms with Crippen molar-refractivity contribution in [2.75, 3.05) is 0 Å². The lowest BCUT2D eigenvalue weighted by molar-refractivity contribution is -0.0345. The quantitative estimate of drug-likeness (QED) is 0.0853. The first kappa shape index (κ1) is 75.6. The summed E-state index contributed by atoms with van der Waals surface area (Å²) >= 11 is 0. The first-order valence-corrected chi connectivity index (χ1v) is 36.1. The Balaban J connectivity index is 0.000000161. The Kier molecular flexibility index (Phi) is 30.4. The van der Waals surface area contributed by atoms with Gasteiger partial charge in [-0.2, -0.15) is 0 Å². The number of rotatable bonds is 18. The van der Waals surface area contributed by atoms with Gasteiger partial charge in [0.25, 0.3) is 0 Å². The maximum absolute atomic E-state index is 6.18. The molecule has 12 rings (SSSR count). The van der Waals surface area contributed by atoms with Gasteiger partial charge in [-0.1, -0.05) is 271 Å². The van der Waals surface area contributed by atoms with E-state index in [9.17, 15) is 0 Å². The second-order valence-corrected chi connectivity index (χ2v) is 28.9. The summed E-state index contributed by atoms with van der Waals surface area (Å²) in [5, 5.41) is 4.91. The summed E-state index contributed by atoms with van der Waals surface area (Å²) in [5.41, 5.74) is 11.2. The van der Waals surface area contributed by atoms with E-state index in [1.165, 1.54) is 98.2 Å². The van der Waals surface area contributed by atoms with E-state index in [4.69, 9.17) is 28.4 Å². The van der Waals surface area contributed by atoms with Crippen LogP contribution in [0, 0.1) is 35.5 Å². The van der Waals surface area contributed by atoms with Crippen LogP contribution in [-0.4, -0.2) is 48.8 Å². The van der Waals surface area contributed by atoms with E-state index in [-0.39, 0.29) is 24.4 Å². The predicted molar refractivity (Wildman–Crippen MR) is 405 cm³/mol. The Morgan fingerprint density at radius 3 is 1.52 bits per heavy atom. The van der Waals surface area contributed by atoms with Gasteiger partial charge in [-0.25, -0.2) is 0 Å². The van der Waals surface area contributed by atoms with Gasteiger partial charge < -0.3 is 28.4 Å². The summed E-state index contributed by atoms with van der Waals surface area (Å²) in [7, 11) is 0. The molecule has 6 nitrogen and oxygen atoms in total. The van der Waals surface area contributed by atoms with Crippen molar-refractivity contribution >= 4 is 33.7 Å². The molecule has 0 N–H and O–H groups in total. The van der Waals surface area contributed by atoms with E-state index in [1.54, 1.807) is 0 Å². The zero-order valence-electron chi connectivity index (χ0n) is 61.3. The highest BCUT2D eigenvalue weighted by Crippen LogP contribution is 2.36. The number of ether oxygens (including phenoxy) is 6. The third-order valence-corrected chi connectivity index (χ3v) is 19.6. The number of hydrogen-bond donors (Lipinski definition) is 0. The highest BCUT2D eigenvalue weighted by atomic mass is 16.5. The lowest BCUT2D eigenvalue weighted by Gasteiger charge is -2.29. The standard InChI is InChI=1S/C15H22O.C15H18O.C15H22O.C15H20O.C15H18O.C14H18O/c2*1-11(2)12(3)16-15-10-6-8-13-7-4-5-9-14(13)15;3*1-11(2)12(3)16-15-9-8-13-6-4-5-7-14(13)10-15;1-10(2)11(3)15-14-9-8-12-6-4-5-7-13(12)14/h4-5,7,9,11-12,15H,6,8,10H2,1-3H3;4-12H,1-3H3;4-7,11-12,15H,8-10H2,1-3H3;4-9,11-12,15H,10H2,1-3H3;4-12H,1-3H3;4-11,14H,1-3H3. The summed E-state index contributed by atoms with van der Waals surface area (Å²) < 4.78 is 36.2. The van der Waals surface area contributed by atoms with Crippen LogP contribution in [0.4, 0.5) is 0 Å². The summed E-state index contributed by atoms with van der Waals surface area (Å²) in [6, 6.07) is 63.6. The average Bonchev–Trinajstić information content (AvgIpc) is 1.64. The van der Waals surface area contributed by atoms with Crippen molar-refractivity contribution in [3.63, 3.8) is 0 Å². The summed E-state index contributed by atoms with van der Waals surface area (Å²) in [5.74, 6) is 5.34. The molecule has 95 heavy (non-hydrogen) atoms. The average molecular weight is 1280 g/mol. The number of hydrogen-bond acceptors (Lipinski definition) is 6. The maximum Gasteiger partial charge on any atom is 0.127 e. The number of aryl methyl sites for hydroxylation is 2. The Morgan fingerprint density at radius 1 is 0.337 bits per heavy atom. The first-order valence-electron chi connectivity index (χ1n) is 36.1. The van der Waals surface area contributed by atoms with E-state index in [2.05, 4.69) is 313 Å². The van der Waals surface area contributed by atoms with Crippen LogP contribution < -0.4 is 9.47 Å². The van der Waals surface area contributed by atoms with Crippen LogP contribution in [0.3, 0.4) is 0 Å². The van der Waals surface area contributed by atoms with Crippen molar-refractivity contribution in [1.82, 2.24) is 0 Å². The van der Waals surface area contributed by atoms with Gasteiger partial charge in [0.05, 0.1) is 54.9 Å². The van der Waals surface area contributed by atoms with Gasteiger partial charge in [0.1, 0.15) is 17.6 Å². The van der Waals surface area contributed by atoms with Crippen molar-refractivity contribution < 1.29 is 28.4 Å². The number of benzene rings is 8. The molecule has 510 valence electrons. The van der Waals surface area contributed by atoms with E-state index < -0.39 is 0 Å². The molecule has 10 unspecified atom stereocenters. The predicted octanol–water partition coefficient (Wildman–Crippen LogP) is 23.8. The molecular formula is C89H118O6. The van der Waals surface area contributed by atoms with Crippen LogP contribution in [0.25, 0.3) is 33.7 Å². The largest absolute Gasteiger partial charge is 0.490 e. The van der Waals surface area contributed by atoms with Crippen molar-refractivity contribution in [3.8, 4) is 11.5 Å². The van der Waals surface area contributed by atoms with Crippen LogP contribution >= 0.6 is 0 Å². The Labute approximate surface area is 575 Å². The highest BCUT2D eigenvalue weighted by Gasteiger charge is 2.25. The van der Waals surface area contributed by atoms with E-state index in [0.29, 0.717) is 72.1 Å². The molecule has 4 aliphatic carbocycles. The number of fused-ring (bicyclic) bond motifs is 6. The van der Waals surface area contributed by atoms with Gasteiger partial charge in [-0.15, -0.1) is 0 Å². The van der Waals surface area contributed by atoms with Gasteiger partial charge in [-0.05, 0) is 194 Å². The van der Waals surface area contributed by atoms with Crippen LogP contribution in [0.1, 0.15) is 201 Å². The molecule has 0 aromatic heterocycles. The Morgan fingerprint density at radius 2 is 0.842 bits per heavy atom. The lowest BCUT2D eigenvalue weighted by atomic mass is 9.89. The summed E-state index contributed by atoms with van der Waals surface area (Å²) in [6.45, 7) is 39.3. The SMILES string of the molecule is CC(C)C(C)OC1C=Cc2ccccc21.CC(C)C(C)OC1C=Cc2ccccc2C1.CC(C)C(C)OC1CCCc2ccccc21.CC(C)C(C)OC1CCc2ccccc2C1.CC(C)C(C)Oc1ccc2ccccc2c1.CC(C)C(C)Oc1cccc2ccccc12. The molecule has 0 spiro atoms. The molecule has 8 aromatic carbocycles. The molecule has 0 heterocycles. The maximum atomic E-state index is 6.18. The molecule has 0 aliphatic heterocycles. The van der Waals surface area contributed by atoms with E-state index >= 15 is 0 Å². The molecule has 0 saturated heterocycles. The fraction of sp³-hybridized carbons (Fsp3) is 0.461. The fourth-order valence-corrected chi connectivity index (χ4v) is 11.4. The minimum absolute atomic E-state index is 0.151. The van der Waals surface area contributed by atoms with Crippen molar-refractivity contribution in [1.29, 1.82) is 0 Å². The second-order valence-electron chi connectivity index (χ2n) is 28.9. The van der Waals surface area contributed by atoms with E-state index in [0.717, 1.165) is 24.3 Å². The van der Waals surface area contributed by atoms with Gasteiger partial charge in [0.2, 0.25) is 0 Å². The van der Waals surface area contributed by atoms with E-state index in [1.807, 2.05) is 18.2 Å². The van der Waals surface area contributed by atoms with Gasteiger partial charge in [0.15, 0.2) is 0 Å². The minimum Gasteiger partial charge on any atom is -0.490 e. The Hall–Kier alpha value is -6.80. The molecule has 0 amide bonds. The molecule has 0 saturated carbocycles. The third-order valence-electron chi connectivity index (χ3n) is 19.6. The van der Waals surface area contributed by atoms with Gasteiger partial charge in [-0.3, -0.25) is 0 Å². The fourth-order valence-electron chi connectivity index (χ4n) is 11.4. The minimum atomic E-state index is 0.151. The van der Waals surface area contributed by atoms with Crippen LogP contribution in [-0.2, 0) is 44.6 Å². The molecule has 8 aromatic rings. The lowest BCUT2D eigenvalue weighted by Crippen LogP contribution is -2.28. The molecule has 0 bridgehead atoms. The van der Waals surface area contributed by atoms with Crippen LogP contribution in [0.5, 0.6) is 11.5 Å². The zero-order valence-corrected chi connectivity index (χ0v) is 61.3. The topological polar surface area (TPSA) is 55.4 Å². The normalized spacial score (nSPS) is 18.5. The second kappa shape index (κ2) is 38.2. The summed E-state index contributed by atoms with van der Waals surface area (Å²) in [6.07, 6.45) is 19.7. The van der Waals surface area contributed by atoms with Crippen molar-refractivity contribution in [3.05, 3.63) is 239 Å². The first-order chi connectivity index (χ1) is 45.5. The van der Waals surface area contributed by atoms with Crippen LogP contribution in [0.15, 0.2) is 194 Å². The van der Waals surface area contributed by atoms with Crippen molar-refractivity contribution in [2.24, 2.45) is 35.5 Å². The van der Waals surface area contributed by atoms with Gasteiger partial charge in [0, 0.05) is 11.8 Å². The molecule has 6 heteroatoms. The third kappa shape index (κ3) is 23.8. The molecular weight excluding hydrogens is 1160 g/mol. The van der Waals surface area contributed by atoms with Crippen LogP contribution in [0.2, 0.25) is 0 Å². The Bertz CT molecular complexity index is 3580. The molecule has 10 atom stereocenters. The smallest absolute Gasteiger partial charge is 0.127 e. The molecule has 0 radical (unpaired) electrons. The summed E-state index contributed by atoms with van der Waals surface area (Å²) in [4.78, 5) is 0. The van der Waals surface area contributed by atoms with Gasteiger partial charge >= 0.3 is 0 Å². The highest BCUT2D eigenvalue weighted by molar-refractivity contribution is 5.88. The molecule has 0 fully saturated rings. The monoisotopic (exact) mass is 1280 g/mol. The van der Waals surface area contributed by atoms with Crippen molar-refractivity contribution in [2.45, 2.75) is 231 Å². The zero-order chi connectivity index (χ0) is 68.6. The molecule has 4 aliphatic rings.